The molecule has 0 radical (unpaired) electrons. The second-order valence-electron chi connectivity index (χ2n) is 4.73. The first-order chi connectivity index (χ1) is 9.75. The number of hydrogen-bond donors (Lipinski definition) is 2. The fourth-order valence-electron chi connectivity index (χ4n) is 2.43. The van der Waals surface area contributed by atoms with Crippen LogP contribution in [0.4, 0.5) is 10.1 Å². The minimum Gasteiger partial charge on any atom is -0.323 e. The van der Waals surface area contributed by atoms with Gasteiger partial charge in [-0.25, -0.2) is 4.39 Å². The molecule has 2 heterocycles. The van der Waals surface area contributed by atoms with Crippen molar-refractivity contribution < 1.29 is 9.18 Å². The van der Waals surface area contributed by atoms with Crippen LogP contribution >= 0.6 is 0 Å². The second-order valence-corrected chi connectivity index (χ2v) is 4.73. The van der Waals surface area contributed by atoms with Crippen LogP contribution in [-0.2, 0) is 11.3 Å². The Hall–Kier alpha value is -2.27. The Bertz CT molecular complexity index is 645. The van der Waals surface area contributed by atoms with Crippen LogP contribution in [0.2, 0.25) is 0 Å². The van der Waals surface area contributed by atoms with Crippen LogP contribution in [0, 0.1) is 5.82 Å². The van der Waals surface area contributed by atoms with E-state index in [-0.39, 0.29) is 17.5 Å². The summed E-state index contributed by atoms with van der Waals surface area (Å²) in [6.45, 7) is 1.30. The number of nitrogens with zero attached hydrogens (tertiary/aromatic N) is 1. The normalized spacial score (nSPS) is 17.4. The van der Waals surface area contributed by atoms with Crippen LogP contribution in [-0.4, -0.2) is 17.4 Å². The minimum absolute atomic E-state index is 0.160. The quantitative estimate of drug-likeness (QED) is 0.879. The van der Waals surface area contributed by atoms with E-state index < -0.39 is 5.82 Å². The van der Waals surface area contributed by atoms with E-state index in [2.05, 4.69) is 15.6 Å². The van der Waals surface area contributed by atoms with Crippen molar-refractivity contribution in [1.82, 2.24) is 10.3 Å². The lowest BCUT2D eigenvalue weighted by Gasteiger charge is -2.25. The van der Waals surface area contributed by atoms with Crippen LogP contribution in [0.3, 0.4) is 0 Å². The summed E-state index contributed by atoms with van der Waals surface area (Å²) in [7, 11) is 0. The maximum Gasteiger partial charge on any atom is 0.233 e. The summed E-state index contributed by atoms with van der Waals surface area (Å²) < 4.78 is 13.5. The molecular formula is C15H14FN3O. The third-order valence-electron chi connectivity index (χ3n) is 3.44. The fourth-order valence-corrected chi connectivity index (χ4v) is 2.43. The van der Waals surface area contributed by atoms with Crippen LogP contribution < -0.4 is 10.6 Å². The molecule has 1 aliphatic rings. The molecule has 1 atom stereocenters. The van der Waals surface area contributed by atoms with Gasteiger partial charge in [0.2, 0.25) is 5.91 Å². The number of aromatic nitrogens is 1. The number of halogens is 1. The third kappa shape index (κ3) is 2.40. The van der Waals surface area contributed by atoms with Gasteiger partial charge in [0.25, 0.3) is 0 Å². The van der Waals surface area contributed by atoms with E-state index in [9.17, 15) is 9.18 Å². The van der Waals surface area contributed by atoms with Crippen molar-refractivity contribution in [3.8, 4) is 0 Å². The van der Waals surface area contributed by atoms with Crippen LogP contribution in [0.5, 0.6) is 0 Å². The van der Waals surface area contributed by atoms with Crippen molar-refractivity contribution in [3.63, 3.8) is 0 Å². The zero-order valence-corrected chi connectivity index (χ0v) is 10.8. The Morgan fingerprint density at radius 2 is 2.20 bits per heavy atom. The number of carbonyl (C=O) groups is 1. The highest BCUT2D eigenvalue weighted by atomic mass is 19.1. The summed E-state index contributed by atoms with van der Waals surface area (Å²) >= 11 is 0. The summed E-state index contributed by atoms with van der Waals surface area (Å²) in [6, 6.07) is 9.26. The lowest BCUT2D eigenvalue weighted by Crippen LogP contribution is -2.35. The molecule has 5 heteroatoms. The molecule has 1 aromatic carbocycles. The monoisotopic (exact) mass is 271 g/mol. The Balaban J connectivity index is 1.84. The highest BCUT2D eigenvalue weighted by molar-refractivity contribution is 5.96. The molecule has 2 N–H and O–H groups in total. The van der Waals surface area contributed by atoms with Crippen molar-refractivity contribution in [3.05, 3.63) is 59.7 Å². The van der Waals surface area contributed by atoms with E-state index in [1.165, 1.54) is 12.3 Å². The van der Waals surface area contributed by atoms with Gasteiger partial charge in [-0.15, -0.1) is 0 Å². The highest BCUT2D eigenvalue weighted by Crippen LogP contribution is 2.25. The number of benzene rings is 1. The number of pyridine rings is 1. The van der Waals surface area contributed by atoms with E-state index >= 15 is 0 Å². The van der Waals surface area contributed by atoms with Gasteiger partial charge in [-0.2, -0.15) is 0 Å². The molecule has 0 spiro atoms. The molecule has 1 unspecified atom stereocenters. The van der Waals surface area contributed by atoms with Crippen molar-refractivity contribution in [2.45, 2.75) is 12.5 Å². The Kier molecular flexibility index (Phi) is 3.43. The Morgan fingerprint density at radius 3 is 3.05 bits per heavy atom. The molecule has 0 bridgehead atoms. The van der Waals surface area contributed by atoms with E-state index in [4.69, 9.17) is 0 Å². The first-order valence-electron chi connectivity index (χ1n) is 6.44. The molecule has 1 aliphatic heterocycles. The van der Waals surface area contributed by atoms with Gasteiger partial charge in [0.1, 0.15) is 0 Å². The first-order valence-corrected chi connectivity index (χ1v) is 6.44. The maximum atomic E-state index is 13.5. The first kappa shape index (κ1) is 12.7. The molecule has 0 fully saturated rings. The minimum atomic E-state index is -0.530. The van der Waals surface area contributed by atoms with E-state index in [0.29, 0.717) is 6.54 Å². The zero-order valence-electron chi connectivity index (χ0n) is 10.8. The highest BCUT2D eigenvalue weighted by Gasteiger charge is 2.26. The Labute approximate surface area is 116 Å². The summed E-state index contributed by atoms with van der Waals surface area (Å²) in [5, 5.41) is 5.83. The van der Waals surface area contributed by atoms with E-state index in [1.54, 1.807) is 0 Å². The standard InChI is InChI=1S/C15H14FN3O/c16-13-9-17-6-5-14(13)19-15(20)12-8-18-7-10-3-1-2-4-11(10)12/h1-6,9,12,18H,7-8H2,(H,17,19,20). The van der Waals surface area contributed by atoms with Crippen LogP contribution in [0.1, 0.15) is 17.0 Å². The molecular weight excluding hydrogens is 257 g/mol. The number of carbonyl (C=O) groups excluding carboxylic acids is 1. The largest absolute Gasteiger partial charge is 0.323 e. The number of rotatable bonds is 2. The van der Waals surface area contributed by atoms with Crippen molar-refractivity contribution >= 4 is 11.6 Å². The van der Waals surface area contributed by atoms with Crippen molar-refractivity contribution in [2.24, 2.45) is 0 Å². The fraction of sp³-hybridized carbons (Fsp3) is 0.200. The van der Waals surface area contributed by atoms with Crippen LogP contribution in [0.25, 0.3) is 0 Å². The van der Waals surface area contributed by atoms with Crippen LogP contribution in [0.15, 0.2) is 42.7 Å². The Morgan fingerprint density at radius 1 is 1.35 bits per heavy atom. The molecule has 3 rings (SSSR count). The number of amides is 1. The summed E-state index contributed by atoms with van der Waals surface area (Å²) in [4.78, 5) is 16.0. The molecule has 102 valence electrons. The zero-order chi connectivity index (χ0) is 13.9. The summed E-state index contributed by atoms with van der Waals surface area (Å²) in [6.07, 6.45) is 2.54. The smallest absolute Gasteiger partial charge is 0.233 e. The van der Waals surface area contributed by atoms with E-state index in [1.807, 2.05) is 24.3 Å². The average Bonchev–Trinajstić information content (AvgIpc) is 2.49. The molecule has 0 aliphatic carbocycles. The van der Waals surface area contributed by atoms with Gasteiger partial charge >= 0.3 is 0 Å². The summed E-state index contributed by atoms with van der Waals surface area (Å²) in [5.41, 5.74) is 2.26. The van der Waals surface area contributed by atoms with Gasteiger partial charge in [-0.1, -0.05) is 24.3 Å². The number of hydrogen-bond acceptors (Lipinski definition) is 3. The average molecular weight is 271 g/mol. The van der Waals surface area contributed by atoms with Gasteiger partial charge in [0.05, 0.1) is 17.8 Å². The van der Waals surface area contributed by atoms with E-state index in [0.717, 1.165) is 23.9 Å². The SMILES string of the molecule is O=C(Nc1ccncc1F)C1CNCc2ccccc21. The van der Waals surface area contributed by atoms with Gasteiger partial charge in [-0.05, 0) is 17.2 Å². The molecule has 1 amide bonds. The number of nitrogens with one attached hydrogen (secondary N) is 2. The maximum absolute atomic E-state index is 13.5. The van der Waals surface area contributed by atoms with Crippen molar-refractivity contribution in [2.75, 3.05) is 11.9 Å². The van der Waals surface area contributed by atoms with Gasteiger partial charge < -0.3 is 10.6 Å². The van der Waals surface area contributed by atoms with Gasteiger partial charge in [0.15, 0.2) is 5.82 Å². The van der Waals surface area contributed by atoms with Gasteiger partial charge in [0, 0.05) is 19.3 Å². The topological polar surface area (TPSA) is 54.0 Å². The number of anilines is 1. The molecule has 4 nitrogen and oxygen atoms in total. The molecule has 2 aromatic rings. The predicted molar refractivity (Wildman–Crippen MR) is 73.7 cm³/mol. The summed E-state index contributed by atoms with van der Waals surface area (Å²) in [5.74, 6) is -1.06. The number of fused-ring (bicyclic) bond motifs is 1. The third-order valence-corrected chi connectivity index (χ3v) is 3.44. The molecule has 1 aromatic heterocycles. The predicted octanol–water partition coefficient (Wildman–Crippen LogP) is 2.05. The molecule has 20 heavy (non-hydrogen) atoms. The molecule has 0 saturated carbocycles. The lowest BCUT2D eigenvalue weighted by atomic mass is 9.90. The molecule has 0 saturated heterocycles. The second kappa shape index (κ2) is 5.38. The lowest BCUT2D eigenvalue weighted by molar-refractivity contribution is -0.117. The van der Waals surface area contributed by atoms with Crippen molar-refractivity contribution in [1.29, 1.82) is 0 Å². The van der Waals surface area contributed by atoms with Gasteiger partial charge in [-0.3, -0.25) is 9.78 Å².